The van der Waals surface area contributed by atoms with Crippen molar-refractivity contribution < 1.29 is 9.50 Å². The van der Waals surface area contributed by atoms with E-state index in [0.717, 1.165) is 36.8 Å². The Labute approximate surface area is 180 Å². The van der Waals surface area contributed by atoms with Crippen molar-refractivity contribution in [3.05, 3.63) is 43.0 Å². The van der Waals surface area contributed by atoms with Gasteiger partial charge >= 0.3 is 0 Å². The summed E-state index contributed by atoms with van der Waals surface area (Å²) in [4.78, 5) is 11.0. The molecule has 2 saturated heterocycles. The Balaban J connectivity index is 1.36. The van der Waals surface area contributed by atoms with Gasteiger partial charge in [-0.1, -0.05) is 6.07 Å². The number of hydrogen-bond donors (Lipinski definition) is 3. The normalized spacial score (nSPS) is 27.8. The Kier molecular flexibility index (Phi) is 4.89. The molecule has 2 fully saturated rings. The molecule has 7 nitrogen and oxygen atoms in total. The molecule has 2 aromatic heterocycles. The molecular formula is C23H27FN6O. The molecule has 0 saturated carbocycles. The number of anilines is 1. The van der Waals surface area contributed by atoms with Crippen molar-refractivity contribution in [2.45, 2.75) is 56.4 Å². The quantitative estimate of drug-likeness (QED) is 0.594. The van der Waals surface area contributed by atoms with Crippen LogP contribution in [0.1, 0.15) is 32.6 Å². The van der Waals surface area contributed by atoms with Crippen LogP contribution in [0.2, 0.25) is 0 Å². The molecule has 2 aliphatic rings. The van der Waals surface area contributed by atoms with E-state index in [1.54, 1.807) is 30.9 Å². The molecule has 3 aromatic rings. The number of phenolic OH excluding ortho intramolecular Hbond substituents is 1. The second kappa shape index (κ2) is 7.60. The Morgan fingerprint density at radius 3 is 2.77 bits per heavy atom. The number of fused-ring (bicyclic) bond motifs is 2. The molecule has 3 N–H and O–H groups in total. The number of piperidine rings is 2. The smallest absolute Gasteiger partial charge is 0.147 e. The molecule has 0 radical (unpaired) electrons. The van der Waals surface area contributed by atoms with Crippen LogP contribution in [-0.4, -0.2) is 56.1 Å². The Morgan fingerprint density at radius 1 is 1.19 bits per heavy atom. The van der Waals surface area contributed by atoms with Gasteiger partial charge in [0.2, 0.25) is 0 Å². The van der Waals surface area contributed by atoms with Crippen molar-refractivity contribution in [2.75, 3.05) is 11.9 Å². The maximum Gasteiger partial charge on any atom is 0.147 e. The van der Waals surface area contributed by atoms with Crippen LogP contribution in [0.15, 0.2) is 43.0 Å². The number of nitrogens with one attached hydrogen (secondary N) is 2. The van der Waals surface area contributed by atoms with Gasteiger partial charge in [0.1, 0.15) is 17.7 Å². The third-order valence-electron chi connectivity index (χ3n) is 6.86. The van der Waals surface area contributed by atoms with Crippen molar-refractivity contribution >= 4 is 5.82 Å². The highest BCUT2D eigenvalue weighted by Gasteiger charge is 2.49. The summed E-state index contributed by atoms with van der Waals surface area (Å²) in [6.45, 7) is 1.99. The average Bonchev–Trinajstić information content (AvgIpc) is 3.31. The minimum Gasteiger partial charge on any atom is -0.507 e. The van der Waals surface area contributed by atoms with Crippen LogP contribution in [0, 0.1) is 0 Å². The van der Waals surface area contributed by atoms with E-state index in [4.69, 9.17) is 0 Å². The molecule has 2 aliphatic heterocycles. The molecule has 31 heavy (non-hydrogen) atoms. The maximum absolute atomic E-state index is 15.4. The van der Waals surface area contributed by atoms with Crippen molar-refractivity contribution in [2.24, 2.45) is 0 Å². The van der Waals surface area contributed by atoms with Crippen molar-refractivity contribution in [1.29, 1.82) is 0 Å². The molecular weight excluding hydrogens is 395 g/mol. The first kappa shape index (κ1) is 19.9. The van der Waals surface area contributed by atoms with E-state index < -0.39 is 11.7 Å². The molecule has 0 amide bonds. The lowest BCUT2D eigenvalue weighted by Gasteiger charge is -2.52. The van der Waals surface area contributed by atoms with Gasteiger partial charge in [-0.05, 0) is 50.3 Å². The van der Waals surface area contributed by atoms with Crippen LogP contribution >= 0.6 is 0 Å². The summed E-state index contributed by atoms with van der Waals surface area (Å²) in [7, 11) is 1.89. The van der Waals surface area contributed by atoms with Crippen LogP contribution in [0.5, 0.6) is 5.75 Å². The summed E-state index contributed by atoms with van der Waals surface area (Å²) in [5.41, 5.74) is 2.45. The van der Waals surface area contributed by atoms with E-state index in [1.165, 1.54) is 0 Å². The van der Waals surface area contributed by atoms with Crippen LogP contribution in [0.3, 0.4) is 0 Å². The molecule has 5 rings (SSSR count). The number of aromatic hydroxyl groups is 1. The van der Waals surface area contributed by atoms with Crippen molar-refractivity contribution in [3.63, 3.8) is 0 Å². The van der Waals surface area contributed by atoms with Gasteiger partial charge in [0.15, 0.2) is 0 Å². The summed E-state index contributed by atoms with van der Waals surface area (Å²) < 4.78 is 15.4. The number of aromatic amines is 1. The van der Waals surface area contributed by atoms with Crippen LogP contribution in [-0.2, 0) is 0 Å². The SMILES string of the molecule is CN(c1cnc(-c2ccc(-c3cn[nH]c3)cc2O)cn1)[C@H]1CC2CCC[C@@](C)(N2)[C@H]1F. The lowest BCUT2D eigenvalue weighted by molar-refractivity contribution is 0.0405. The third-order valence-corrected chi connectivity index (χ3v) is 6.86. The number of hydrogen-bond acceptors (Lipinski definition) is 6. The van der Waals surface area contributed by atoms with Gasteiger partial charge in [0.25, 0.3) is 0 Å². The van der Waals surface area contributed by atoms with Gasteiger partial charge in [-0.3, -0.25) is 10.1 Å². The number of phenols is 1. The van der Waals surface area contributed by atoms with E-state index in [9.17, 15) is 5.11 Å². The molecule has 4 atom stereocenters. The Hall–Kier alpha value is -3.00. The lowest BCUT2D eigenvalue weighted by atomic mass is 9.73. The fourth-order valence-electron chi connectivity index (χ4n) is 5.06. The molecule has 1 unspecified atom stereocenters. The monoisotopic (exact) mass is 422 g/mol. The summed E-state index contributed by atoms with van der Waals surface area (Å²) >= 11 is 0. The number of aromatic nitrogens is 4. The molecule has 0 spiro atoms. The third kappa shape index (κ3) is 3.54. The summed E-state index contributed by atoms with van der Waals surface area (Å²) in [5, 5.41) is 20.7. The zero-order valence-electron chi connectivity index (χ0n) is 17.7. The first-order valence-electron chi connectivity index (χ1n) is 10.7. The number of benzene rings is 1. The molecule has 4 heterocycles. The highest BCUT2D eigenvalue weighted by atomic mass is 19.1. The predicted molar refractivity (Wildman–Crippen MR) is 118 cm³/mol. The van der Waals surface area contributed by atoms with Crippen molar-refractivity contribution in [3.8, 4) is 28.1 Å². The summed E-state index contributed by atoms with van der Waals surface area (Å²) in [5.74, 6) is 0.756. The first-order chi connectivity index (χ1) is 14.9. The standard InChI is InChI=1S/C23H27FN6O/c1-23-7-3-4-16(29-23)9-19(22(23)24)30(2)21-13-25-18(12-26-21)17-6-5-14(8-20(17)31)15-10-27-28-11-15/h5-6,8,10-13,16,19,22,29,31H,3-4,7,9H2,1-2H3,(H,27,28)/t16?,19-,22-,23+/m0/s1. The topological polar surface area (TPSA) is 90.0 Å². The number of halogens is 1. The van der Waals surface area contributed by atoms with Crippen LogP contribution in [0.4, 0.5) is 10.2 Å². The first-order valence-corrected chi connectivity index (χ1v) is 10.7. The largest absolute Gasteiger partial charge is 0.507 e. The average molecular weight is 423 g/mol. The number of rotatable bonds is 4. The number of nitrogens with zero attached hydrogens (tertiary/aromatic N) is 4. The maximum atomic E-state index is 15.4. The van der Waals surface area contributed by atoms with E-state index >= 15 is 4.39 Å². The Morgan fingerprint density at radius 2 is 2.06 bits per heavy atom. The minimum atomic E-state index is -0.977. The van der Waals surface area contributed by atoms with E-state index in [-0.39, 0.29) is 11.8 Å². The molecule has 2 bridgehead atoms. The molecule has 1 aromatic carbocycles. The summed E-state index contributed by atoms with van der Waals surface area (Å²) in [6.07, 6.45) is 9.56. The molecule has 162 valence electrons. The van der Waals surface area contributed by atoms with Gasteiger partial charge in [-0.15, -0.1) is 0 Å². The second-order valence-corrected chi connectivity index (χ2v) is 8.95. The highest BCUT2D eigenvalue weighted by molar-refractivity contribution is 5.73. The second-order valence-electron chi connectivity index (χ2n) is 8.95. The van der Waals surface area contributed by atoms with Crippen molar-refractivity contribution in [1.82, 2.24) is 25.5 Å². The fraction of sp³-hybridized carbons (Fsp3) is 0.435. The van der Waals surface area contributed by atoms with Gasteiger partial charge < -0.3 is 15.3 Å². The Bertz CT molecular complexity index is 1060. The van der Waals surface area contributed by atoms with Gasteiger partial charge in [-0.2, -0.15) is 5.10 Å². The zero-order chi connectivity index (χ0) is 21.6. The van der Waals surface area contributed by atoms with E-state index in [0.29, 0.717) is 23.1 Å². The highest BCUT2D eigenvalue weighted by Crippen LogP contribution is 2.39. The van der Waals surface area contributed by atoms with E-state index in [1.807, 2.05) is 31.0 Å². The molecule has 0 aliphatic carbocycles. The fourth-order valence-corrected chi connectivity index (χ4v) is 5.06. The molecule has 8 heteroatoms. The zero-order valence-corrected chi connectivity index (χ0v) is 17.7. The van der Waals surface area contributed by atoms with Crippen LogP contribution < -0.4 is 10.2 Å². The van der Waals surface area contributed by atoms with Gasteiger partial charge in [-0.25, -0.2) is 9.37 Å². The van der Waals surface area contributed by atoms with Crippen LogP contribution in [0.25, 0.3) is 22.4 Å². The van der Waals surface area contributed by atoms with E-state index in [2.05, 4.69) is 25.5 Å². The summed E-state index contributed by atoms with van der Waals surface area (Å²) in [6, 6.07) is 5.52. The number of alkyl halides is 1. The lowest BCUT2D eigenvalue weighted by Crippen LogP contribution is -2.68. The minimum absolute atomic E-state index is 0.122. The predicted octanol–water partition coefficient (Wildman–Crippen LogP) is 3.69. The van der Waals surface area contributed by atoms with Gasteiger partial charge in [0, 0.05) is 36.0 Å². The van der Waals surface area contributed by atoms with Gasteiger partial charge in [0.05, 0.1) is 30.3 Å². The number of H-pyrrole nitrogens is 1.